The SMILES string of the molecule is CC(Cn1ccnc1)Nc1ccc(Br)cc1C#N. The Labute approximate surface area is 114 Å². The lowest BCUT2D eigenvalue weighted by molar-refractivity contribution is 0.619. The lowest BCUT2D eigenvalue weighted by Crippen LogP contribution is -2.21. The summed E-state index contributed by atoms with van der Waals surface area (Å²) in [5.41, 5.74) is 1.50. The van der Waals surface area contributed by atoms with Gasteiger partial charge in [-0.15, -0.1) is 0 Å². The molecule has 18 heavy (non-hydrogen) atoms. The fourth-order valence-electron chi connectivity index (χ4n) is 1.76. The van der Waals surface area contributed by atoms with Gasteiger partial charge in [0.15, 0.2) is 0 Å². The zero-order chi connectivity index (χ0) is 13.0. The highest BCUT2D eigenvalue weighted by atomic mass is 79.9. The molecular weight excluding hydrogens is 292 g/mol. The molecule has 0 aliphatic rings. The van der Waals surface area contributed by atoms with E-state index in [0.717, 1.165) is 16.7 Å². The Balaban J connectivity index is 2.07. The lowest BCUT2D eigenvalue weighted by Gasteiger charge is -2.16. The quantitative estimate of drug-likeness (QED) is 0.944. The first-order valence-electron chi connectivity index (χ1n) is 5.61. The van der Waals surface area contributed by atoms with Crippen LogP contribution in [-0.2, 0) is 6.54 Å². The van der Waals surface area contributed by atoms with Crippen molar-refractivity contribution in [1.82, 2.24) is 9.55 Å². The summed E-state index contributed by atoms with van der Waals surface area (Å²) in [6, 6.07) is 8.05. The summed E-state index contributed by atoms with van der Waals surface area (Å²) < 4.78 is 2.91. The van der Waals surface area contributed by atoms with Crippen LogP contribution in [0.25, 0.3) is 0 Å². The number of nitriles is 1. The van der Waals surface area contributed by atoms with E-state index >= 15 is 0 Å². The molecule has 5 heteroatoms. The zero-order valence-corrected chi connectivity index (χ0v) is 11.6. The number of anilines is 1. The van der Waals surface area contributed by atoms with Crippen molar-refractivity contribution in [2.45, 2.75) is 19.5 Å². The third-order valence-corrected chi connectivity index (χ3v) is 3.04. The predicted molar refractivity (Wildman–Crippen MR) is 74.2 cm³/mol. The number of imidazole rings is 1. The standard InChI is InChI=1S/C13H13BrN4/c1-10(8-18-5-4-16-9-18)17-13-3-2-12(14)6-11(13)7-15/h2-6,9-10,17H,8H2,1H3. The normalized spacial score (nSPS) is 11.8. The summed E-state index contributed by atoms with van der Waals surface area (Å²) in [4.78, 5) is 4.00. The maximum absolute atomic E-state index is 9.09. The van der Waals surface area contributed by atoms with Crippen molar-refractivity contribution in [3.05, 3.63) is 47.0 Å². The van der Waals surface area contributed by atoms with E-state index in [4.69, 9.17) is 5.26 Å². The van der Waals surface area contributed by atoms with Crippen LogP contribution in [-0.4, -0.2) is 15.6 Å². The van der Waals surface area contributed by atoms with E-state index in [1.165, 1.54) is 0 Å². The molecule has 4 nitrogen and oxygen atoms in total. The molecule has 1 aromatic carbocycles. The monoisotopic (exact) mass is 304 g/mol. The maximum atomic E-state index is 9.09. The van der Waals surface area contributed by atoms with E-state index in [2.05, 4.69) is 39.2 Å². The maximum Gasteiger partial charge on any atom is 0.101 e. The summed E-state index contributed by atoms with van der Waals surface area (Å²) >= 11 is 3.36. The van der Waals surface area contributed by atoms with Crippen molar-refractivity contribution in [2.24, 2.45) is 0 Å². The van der Waals surface area contributed by atoms with Crippen LogP contribution >= 0.6 is 15.9 Å². The van der Waals surface area contributed by atoms with E-state index in [1.54, 1.807) is 12.5 Å². The second-order valence-corrected chi connectivity index (χ2v) is 5.02. The van der Waals surface area contributed by atoms with Crippen LogP contribution in [0.3, 0.4) is 0 Å². The average molecular weight is 305 g/mol. The molecule has 2 aromatic rings. The molecule has 0 saturated carbocycles. The molecule has 2 rings (SSSR count). The molecule has 0 bridgehead atoms. The van der Waals surface area contributed by atoms with E-state index < -0.39 is 0 Å². The lowest BCUT2D eigenvalue weighted by atomic mass is 10.2. The Morgan fingerprint density at radius 2 is 2.39 bits per heavy atom. The molecular formula is C13H13BrN4. The van der Waals surface area contributed by atoms with Gasteiger partial charge in [-0.2, -0.15) is 5.26 Å². The number of halogens is 1. The van der Waals surface area contributed by atoms with Crippen molar-refractivity contribution in [1.29, 1.82) is 5.26 Å². The van der Waals surface area contributed by atoms with Gasteiger partial charge in [0, 0.05) is 29.5 Å². The van der Waals surface area contributed by atoms with Crippen LogP contribution in [0, 0.1) is 11.3 Å². The first kappa shape index (κ1) is 12.7. The van der Waals surface area contributed by atoms with Crippen LogP contribution in [0.15, 0.2) is 41.4 Å². The first-order valence-corrected chi connectivity index (χ1v) is 6.40. The third-order valence-electron chi connectivity index (χ3n) is 2.55. The topological polar surface area (TPSA) is 53.6 Å². The fourth-order valence-corrected chi connectivity index (χ4v) is 2.12. The number of nitrogens with one attached hydrogen (secondary N) is 1. The molecule has 92 valence electrons. The van der Waals surface area contributed by atoms with Crippen molar-refractivity contribution >= 4 is 21.6 Å². The summed E-state index contributed by atoms with van der Waals surface area (Å²) in [6.07, 6.45) is 5.46. The van der Waals surface area contributed by atoms with Gasteiger partial charge >= 0.3 is 0 Å². The minimum atomic E-state index is 0.215. The molecule has 0 radical (unpaired) electrons. The van der Waals surface area contributed by atoms with Crippen molar-refractivity contribution in [2.75, 3.05) is 5.32 Å². The van der Waals surface area contributed by atoms with Gasteiger partial charge in [-0.25, -0.2) is 4.98 Å². The van der Waals surface area contributed by atoms with E-state index in [1.807, 2.05) is 29.0 Å². The molecule has 1 unspecified atom stereocenters. The van der Waals surface area contributed by atoms with E-state index in [9.17, 15) is 0 Å². The van der Waals surface area contributed by atoms with Crippen LogP contribution in [0.4, 0.5) is 5.69 Å². The average Bonchev–Trinajstić information content (AvgIpc) is 2.84. The highest BCUT2D eigenvalue weighted by Gasteiger charge is 2.07. The molecule has 1 atom stereocenters. The summed E-state index contributed by atoms with van der Waals surface area (Å²) in [6.45, 7) is 2.88. The molecule has 0 spiro atoms. The van der Waals surface area contributed by atoms with Crippen LogP contribution in [0.1, 0.15) is 12.5 Å². The van der Waals surface area contributed by atoms with Gasteiger partial charge in [0.25, 0.3) is 0 Å². The number of nitrogens with zero attached hydrogens (tertiary/aromatic N) is 3. The van der Waals surface area contributed by atoms with Crippen LogP contribution in [0.5, 0.6) is 0 Å². The highest BCUT2D eigenvalue weighted by molar-refractivity contribution is 9.10. The first-order chi connectivity index (χ1) is 8.69. The summed E-state index contributed by atoms with van der Waals surface area (Å²) in [7, 11) is 0. The van der Waals surface area contributed by atoms with Crippen LogP contribution in [0.2, 0.25) is 0 Å². The van der Waals surface area contributed by atoms with Crippen molar-refractivity contribution in [3.8, 4) is 6.07 Å². The second-order valence-electron chi connectivity index (χ2n) is 4.11. The number of rotatable bonds is 4. The summed E-state index contributed by atoms with van der Waals surface area (Å²) in [5.74, 6) is 0. The minimum Gasteiger partial charge on any atom is -0.380 e. The largest absolute Gasteiger partial charge is 0.380 e. The van der Waals surface area contributed by atoms with Crippen LogP contribution < -0.4 is 5.32 Å². The van der Waals surface area contributed by atoms with Gasteiger partial charge in [-0.05, 0) is 25.1 Å². The summed E-state index contributed by atoms with van der Waals surface area (Å²) in [5, 5.41) is 12.4. The second kappa shape index (κ2) is 5.69. The number of benzene rings is 1. The van der Waals surface area contributed by atoms with E-state index in [0.29, 0.717) is 5.56 Å². The molecule has 1 aromatic heterocycles. The van der Waals surface area contributed by atoms with Gasteiger partial charge in [-0.3, -0.25) is 0 Å². The number of hydrogen-bond donors (Lipinski definition) is 1. The number of hydrogen-bond acceptors (Lipinski definition) is 3. The van der Waals surface area contributed by atoms with Crippen molar-refractivity contribution < 1.29 is 0 Å². The highest BCUT2D eigenvalue weighted by Crippen LogP contribution is 2.21. The van der Waals surface area contributed by atoms with Gasteiger partial charge in [0.05, 0.1) is 17.6 Å². The third kappa shape index (κ3) is 3.11. The molecule has 0 fully saturated rings. The van der Waals surface area contributed by atoms with Crippen molar-refractivity contribution in [3.63, 3.8) is 0 Å². The van der Waals surface area contributed by atoms with Gasteiger partial charge in [0.1, 0.15) is 6.07 Å². The molecule has 0 aliphatic heterocycles. The van der Waals surface area contributed by atoms with Gasteiger partial charge in [-0.1, -0.05) is 15.9 Å². The smallest absolute Gasteiger partial charge is 0.101 e. The predicted octanol–water partition coefficient (Wildman–Crippen LogP) is 3.02. The Morgan fingerprint density at radius 3 is 3.06 bits per heavy atom. The Morgan fingerprint density at radius 1 is 1.56 bits per heavy atom. The minimum absolute atomic E-state index is 0.215. The van der Waals surface area contributed by atoms with E-state index in [-0.39, 0.29) is 6.04 Å². The Hall–Kier alpha value is -1.80. The molecule has 1 N–H and O–H groups in total. The molecule has 1 heterocycles. The fraction of sp³-hybridized carbons (Fsp3) is 0.231. The Bertz CT molecular complexity index is 557. The Kier molecular flexibility index (Phi) is 4.00. The zero-order valence-electron chi connectivity index (χ0n) is 9.97. The molecule has 0 saturated heterocycles. The van der Waals surface area contributed by atoms with Gasteiger partial charge < -0.3 is 9.88 Å². The van der Waals surface area contributed by atoms with Gasteiger partial charge in [0.2, 0.25) is 0 Å². The number of aromatic nitrogens is 2. The molecule has 0 aliphatic carbocycles. The molecule has 0 amide bonds.